The number of nitriles is 1. The van der Waals surface area contributed by atoms with Crippen LogP contribution in [0.25, 0.3) is 11.0 Å². The Morgan fingerprint density at radius 2 is 2.19 bits per heavy atom. The fraction of sp³-hybridized carbons (Fsp3) is 0.286. The lowest BCUT2D eigenvalue weighted by Crippen LogP contribution is -2.46. The Bertz CT molecular complexity index is 1230. The van der Waals surface area contributed by atoms with E-state index in [-0.39, 0.29) is 17.9 Å². The van der Waals surface area contributed by atoms with E-state index in [2.05, 4.69) is 21.4 Å². The largest absolute Gasteiger partial charge is 0.481 e. The molecule has 0 radical (unpaired) electrons. The van der Waals surface area contributed by atoms with Gasteiger partial charge in [-0.1, -0.05) is 12.5 Å². The van der Waals surface area contributed by atoms with E-state index in [4.69, 9.17) is 5.73 Å². The highest BCUT2D eigenvalue weighted by atomic mass is 19.1. The van der Waals surface area contributed by atoms with E-state index in [1.807, 2.05) is 0 Å². The maximum atomic E-state index is 13.5. The van der Waals surface area contributed by atoms with E-state index in [1.165, 1.54) is 30.6 Å². The van der Waals surface area contributed by atoms with Crippen LogP contribution in [0.5, 0.6) is 0 Å². The predicted molar refractivity (Wildman–Crippen MR) is 109 cm³/mol. The highest BCUT2D eigenvalue weighted by Gasteiger charge is 2.52. The highest BCUT2D eigenvalue weighted by molar-refractivity contribution is 5.85. The number of halogens is 1. The van der Waals surface area contributed by atoms with Gasteiger partial charge in [-0.05, 0) is 31.0 Å². The zero-order valence-corrected chi connectivity index (χ0v) is 16.4. The Morgan fingerprint density at radius 3 is 2.77 bits per heavy atom. The van der Waals surface area contributed by atoms with Crippen molar-refractivity contribution < 1.29 is 19.1 Å². The lowest BCUT2D eigenvalue weighted by molar-refractivity contribution is -0.159. The molecule has 1 amide bonds. The van der Waals surface area contributed by atoms with Crippen molar-refractivity contribution in [2.45, 2.75) is 31.7 Å². The number of rotatable bonds is 7. The van der Waals surface area contributed by atoms with E-state index < -0.39 is 29.2 Å². The number of amides is 1. The number of benzene rings is 1. The maximum Gasteiger partial charge on any atom is 0.311 e. The Labute approximate surface area is 176 Å². The van der Waals surface area contributed by atoms with E-state index >= 15 is 0 Å². The summed E-state index contributed by atoms with van der Waals surface area (Å²) in [6.45, 7) is 0. The molecule has 0 aliphatic heterocycles. The summed E-state index contributed by atoms with van der Waals surface area (Å²) >= 11 is 0. The van der Waals surface area contributed by atoms with Crippen LogP contribution in [-0.4, -0.2) is 31.5 Å². The number of aromatic nitrogens is 3. The Balaban J connectivity index is 1.84. The molecular weight excluding hydrogens is 403 g/mol. The van der Waals surface area contributed by atoms with Crippen molar-refractivity contribution in [3.8, 4) is 6.07 Å². The molecule has 1 unspecified atom stereocenters. The van der Waals surface area contributed by atoms with Gasteiger partial charge in [-0.15, -0.1) is 0 Å². The summed E-state index contributed by atoms with van der Waals surface area (Å²) in [4.78, 5) is 32.6. The number of nitrogens with two attached hydrogens (primary N) is 1. The first-order valence-corrected chi connectivity index (χ1v) is 9.66. The fourth-order valence-corrected chi connectivity index (χ4v) is 4.11. The van der Waals surface area contributed by atoms with Gasteiger partial charge in [0.15, 0.2) is 0 Å². The molecule has 1 saturated carbocycles. The van der Waals surface area contributed by atoms with E-state index in [1.54, 1.807) is 10.6 Å². The summed E-state index contributed by atoms with van der Waals surface area (Å²) in [5.41, 5.74) is 5.24. The van der Waals surface area contributed by atoms with Crippen molar-refractivity contribution in [1.82, 2.24) is 14.5 Å². The van der Waals surface area contributed by atoms with Crippen molar-refractivity contribution in [2.24, 2.45) is 11.1 Å². The molecule has 4 N–H and O–H groups in total. The van der Waals surface area contributed by atoms with E-state index in [0.717, 1.165) is 0 Å². The van der Waals surface area contributed by atoms with Crippen molar-refractivity contribution in [3.05, 3.63) is 48.0 Å². The number of primary amides is 1. The summed E-state index contributed by atoms with van der Waals surface area (Å²) < 4.78 is 15.0. The molecule has 1 aliphatic carbocycles. The van der Waals surface area contributed by atoms with Gasteiger partial charge in [-0.25, -0.2) is 9.37 Å². The average molecular weight is 422 g/mol. The second kappa shape index (κ2) is 7.68. The zero-order chi connectivity index (χ0) is 22.2. The van der Waals surface area contributed by atoms with Gasteiger partial charge < -0.3 is 20.7 Å². The topological polar surface area (TPSA) is 147 Å². The van der Waals surface area contributed by atoms with Gasteiger partial charge in [0.1, 0.15) is 17.5 Å². The van der Waals surface area contributed by atoms with Crippen molar-refractivity contribution in [1.29, 1.82) is 5.26 Å². The molecular formula is C21H19FN6O3. The number of carbonyl (C=O) groups is 2. The predicted octanol–water partition coefficient (Wildman–Crippen LogP) is 2.86. The molecule has 9 nitrogen and oxygen atoms in total. The number of hydrogen-bond acceptors (Lipinski definition) is 6. The Hall–Kier alpha value is -4.00. The monoisotopic (exact) mass is 422 g/mol. The Kier molecular flexibility index (Phi) is 5.02. The molecule has 1 aromatic carbocycles. The first-order chi connectivity index (χ1) is 14.8. The Morgan fingerprint density at radius 1 is 1.42 bits per heavy atom. The van der Waals surface area contributed by atoms with Crippen molar-refractivity contribution in [2.75, 3.05) is 5.32 Å². The third kappa shape index (κ3) is 3.54. The summed E-state index contributed by atoms with van der Waals surface area (Å²) in [7, 11) is 0. The van der Waals surface area contributed by atoms with Gasteiger partial charge in [-0.2, -0.15) is 10.2 Å². The van der Waals surface area contributed by atoms with Crippen LogP contribution in [0.4, 0.5) is 16.0 Å². The molecule has 158 valence electrons. The first kappa shape index (κ1) is 20.3. The molecule has 2 aromatic heterocycles. The summed E-state index contributed by atoms with van der Waals surface area (Å²) in [6, 6.07) is 7.00. The minimum absolute atomic E-state index is 0.137. The molecule has 0 bridgehead atoms. The number of hydrogen-bond donors (Lipinski definition) is 3. The van der Waals surface area contributed by atoms with Crippen LogP contribution in [-0.2, 0) is 9.59 Å². The van der Waals surface area contributed by atoms with Crippen LogP contribution in [0.2, 0.25) is 0 Å². The standard InChI is InChI=1S/C21H19FN6O3/c22-13-3-1-4-14(7-13)26-20-25-10-15-12(9-23)11-28(18(15)27-20)16(8-17(24)29)21(19(30)31)5-2-6-21/h1,3-4,7,10-11,16H,2,5-6,8H2,(H2,24,29)(H,30,31)(H,25,26,27). The fourth-order valence-electron chi connectivity index (χ4n) is 4.11. The average Bonchev–Trinajstić information content (AvgIpc) is 3.03. The second-order valence-electron chi connectivity index (χ2n) is 7.63. The molecule has 1 atom stereocenters. The molecule has 3 aromatic rings. The van der Waals surface area contributed by atoms with Crippen LogP contribution in [0.3, 0.4) is 0 Å². The van der Waals surface area contributed by atoms with E-state index in [9.17, 15) is 24.3 Å². The van der Waals surface area contributed by atoms with Crippen LogP contribution >= 0.6 is 0 Å². The molecule has 4 rings (SSSR count). The van der Waals surface area contributed by atoms with Gasteiger partial charge in [0, 0.05) is 24.5 Å². The van der Waals surface area contributed by atoms with Crippen LogP contribution in [0.1, 0.15) is 37.3 Å². The SMILES string of the molecule is N#Cc1cn(C(CC(N)=O)C2(C(=O)O)CCC2)c2nc(Nc3cccc(F)c3)ncc12. The number of anilines is 2. The molecule has 31 heavy (non-hydrogen) atoms. The number of nitrogens with one attached hydrogen (secondary N) is 1. The number of nitrogens with zero attached hydrogens (tertiary/aromatic N) is 4. The second-order valence-corrected chi connectivity index (χ2v) is 7.63. The highest BCUT2D eigenvalue weighted by Crippen LogP contribution is 2.52. The molecule has 0 saturated heterocycles. The van der Waals surface area contributed by atoms with Gasteiger partial charge >= 0.3 is 5.97 Å². The third-order valence-corrected chi connectivity index (χ3v) is 5.81. The van der Waals surface area contributed by atoms with Crippen LogP contribution < -0.4 is 11.1 Å². The van der Waals surface area contributed by atoms with Gasteiger partial charge in [0.25, 0.3) is 0 Å². The molecule has 10 heteroatoms. The lowest BCUT2D eigenvalue weighted by Gasteiger charge is -2.44. The van der Waals surface area contributed by atoms with E-state index in [0.29, 0.717) is 36.0 Å². The number of carboxylic acids is 1. The molecule has 2 heterocycles. The van der Waals surface area contributed by atoms with Crippen molar-refractivity contribution in [3.63, 3.8) is 0 Å². The summed E-state index contributed by atoms with van der Waals surface area (Å²) in [5.74, 6) is -1.96. The lowest BCUT2D eigenvalue weighted by atomic mass is 9.63. The first-order valence-electron chi connectivity index (χ1n) is 9.66. The van der Waals surface area contributed by atoms with Crippen LogP contribution in [0.15, 0.2) is 36.7 Å². The summed E-state index contributed by atoms with van der Waals surface area (Å²) in [6.07, 6.45) is 4.21. The smallest absolute Gasteiger partial charge is 0.311 e. The number of aliphatic carboxylic acids is 1. The molecule has 0 spiro atoms. The quantitative estimate of drug-likeness (QED) is 0.530. The molecule has 1 aliphatic rings. The van der Waals surface area contributed by atoms with Gasteiger partial charge in [0.2, 0.25) is 11.9 Å². The minimum atomic E-state index is -1.17. The van der Waals surface area contributed by atoms with Gasteiger partial charge in [0.05, 0.1) is 22.4 Å². The van der Waals surface area contributed by atoms with Crippen LogP contribution in [0, 0.1) is 22.6 Å². The number of carboxylic acid groups (broad SMARTS) is 1. The minimum Gasteiger partial charge on any atom is -0.481 e. The summed E-state index contributed by atoms with van der Waals surface area (Å²) in [5, 5.41) is 22.8. The normalized spacial score (nSPS) is 15.6. The third-order valence-electron chi connectivity index (χ3n) is 5.81. The number of fused-ring (bicyclic) bond motifs is 1. The number of carbonyl (C=O) groups excluding carboxylic acids is 1. The maximum absolute atomic E-state index is 13.5. The zero-order valence-electron chi connectivity index (χ0n) is 16.4. The molecule has 1 fully saturated rings. The van der Waals surface area contributed by atoms with Gasteiger partial charge in [-0.3, -0.25) is 9.59 Å². The van der Waals surface area contributed by atoms with Crippen molar-refractivity contribution >= 4 is 34.5 Å².